The van der Waals surface area contributed by atoms with Crippen LogP contribution in [0.2, 0.25) is 5.02 Å². The predicted octanol–water partition coefficient (Wildman–Crippen LogP) is 3.99. The Hall–Kier alpha value is -1.51. The molecule has 1 aliphatic rings. The van der Waals surface area contributed by atoms with Crippen LogP contribution in [0.4, 0.5) is 0 Å². The molecule has 1 unspecified atom stereocenters. The van der Waals surface area contributed by atoms with E-state index in [-0.39, 0.29) is 6.10 Å². The Balaban J connectivity index is 1.68. The van der Waals surface area contributed by atoms with Gasteiger partial charge >= 0.3 is 0 Å². The van der Waals surface area contributed by atoms with E-state index < -0.39 is 0 Å². The molecule has 0 radical (unpaired) electrons. The minimum absolute atomic E-state index is 0.181. The summed E-state index contributed by atoms with van der Waals surface area (Å²) in [7, 11) is 0. The first kappa shape index (κ1) is 11.6. The molecular formula is C15H13ClO2. The van der Waals surface area contributed by atoms with E-state index in [0.717, 1.165) is 23.5 Å². The van der Waals surface area contributed by atoms with Crippen LogP contribution < -0.4 is 4.74 Å². The molecule has 0 saturated carbocycles. The normalized spacial score (nSPS) is 17.5. The summed E-state index contributed by atoms with van der Waals surface area (Å²) in [5.74, 6) is 0.785. The van der Waals surface area contributed by atoms with Crippen LogP contribution in [0.3, 0.4) is 0 Å². The maximum atomic E-state index is 6.19. The standard InChI is InChI=1S/C15H13ClO2/c16-14-8-12(6-7-13(14)15-10-18-15)17-9-11-4-2-1-3-5-11/h1-8,15H,9-10H2. The summed E-state index contributed by atoms with van der Waals surface area (Å²) in [6, 6.07) is 15.8. The Morgan fingerprint density at radius 2 is 1.94 bits per heavy atom. The number of epoxide rings is 1. The number of halogens is 1. The van der Waals surface area contributed by atoms with E-state index in [1.165, 1.54) is 0 Å². The predicted molar refractivity (Wildman–Crippen MR) is 70.9 cm³/mol. The lowest BCUT2D eigenvalue weighted by Crippen LogP contribution is -1.95. The molecule has 0 aromatic heterocycles. The van der Waals surface area contributed by atoms with Gasteiger partial charge in [0.1, 0.15) is 18.5 Å². The molecule has 2 aromatic rings. The Kier molecular flexibility index (Phi) is 3.22. The zero-order chi connectivity index (χ0) is 12.4. The molecule has 3 heteroatoms. The molecule has 2 nitrogen and oxygen atoms in total. The second-order valence-electron chi connectivity index (χ2n) is 4.28. The van der Waals surface area contributed by atoms with E-state index in [4.69, 9.17) is 21.1 Å². The summed E-state index contributed by atoms with van der Waals surface area (Å²) in [4.78, 5) is 0. The van der Waals surface area contributed by atoms with Crippen molar-refractivity contribution in [3.8, 4) is 5.75 Å². The molecule has 18 heavy (non-hydrogen) atoms. The Morgan fingerprint density at radius 3 is 2.61 bits per heavy atom. The van der Waals surface area contributed by atoms with Crippen molar-refractivity contribution in [2.45, 2.75) is 12.7 Å². The van der Waals surface area contributed by atoms with Crippen molar-refractivity contribution in [1.82, 2.24) is 0 Å². The average Bonchev–Trinajstić information content (AvgIpc) is 3.22. The SMILES string of the molecule is Clc1cc(OCc2ccccc2)ccc1C1CO1. The molecule has 0 N–H and O–H groups in total. The molecule has 0 aliphatic carbocycles. The fourth-order valence-electron chi connectivity index (χ4n) is 1.83. The van der Waals surface area contributed by atoms with Crippen molar-refractivity contribution in [3.63, 3.8) is 0 Å². The highest BCUT2D eigenvalue weighted by Crippen LogP contribution is 2.36. The van der Waals surface area contributed by atoms with Gasteiger partial charge in [0, 0.05) is 5.56 Å². The van der Waals surface area contributed by atoms with Gasteiger partial charge in [-0.05, 0) is 17.7 Å². The van der Waals surface area contributed by atoms with Crippen LogP contribution in [-0.4, -0.2) is 6.61 Å². The van der Waals surface area contributed by atoms with E-state index >= 15 is 0 Å². The summed E-state index contributed by atoms with van der Waals surface area (Å²) in [6.07, 6.45) is 0.181. The molecule has 1 saturated heterocycles. The second-order valence-corrected chi connectivity index (χ2v) is 4.69. The smallest absolute Gasteiger partial charge is 0.121 e. The Bertz CT molecular complexity index is 535. The number of benzene rings is 2. The Morgan fingerprint density at radius 1 is 1.17 bits per heavy atom. The second kappa shape index (κ2) is 5.01. The molecule has 1 aliphatic heterocycles. The van der Waals surface area contributed by atoms with Gasteiger partial charge < -0.3 is 9.47 Å². The summed E-state index contributed by atoms with van der Waals surface area (Å²) in [5.41, 5.74) is 2.19. The summed E-state index contributed by atoms with van der Waals surface area (Å²) >= 11 is 6.19. The van der Waals surface area contributed by atoms with Crippen molar-refractivity contribution in [2.24, 2.45) is 0 Å². The first-order valence-electron chi connectivity index (χ1n) is 5.91. The number of rotatable bonds is 4. The zero-order valence-corrected chi connectivity index (χ0v) is 10.6. The van der Waals surface area contributed by atoms with E-state index in [1.54, 1.807) is 0 Å². The van der Waals surface area contributed by atoms with E-state index in [2.05, 4.69) is 0 Å². The van der Waals surface area contributed by atoms with Gasteiger partial charge in [0.15, 0.2) is 0 Å². The van der Waals surface area contributed by atoms with Gasteiger partial charge in [-0.25, -0.2) is 0 Å². The number of hydrogen-bond acceptors (Lipinski definition) is 2. The molecule has 0 amide bonds. The van der Waals surface area contributed by atoms with Crippen LogP contribution in [-0.2, 0) is 11.3 Å². The average molecular weight is 261 g/mol. The first-order chi connectivity index (χ1) is 8.83. The number of hydrogen-bond donors (Lipinski definition) is 0. The molecule has 1 atom stereocenters. The molecule has 2 aromatic carbocycles. The molecule has 92 valence electrons. The fraction of sp³-hybridized carbons (Fsp3) is 0.200. The molecular weight excluding hydrogens is 248 g/mol. The van der Waals surface area contributed by atoms with Crippen molar-refractivity contribution in [1.29, 1.82) is 0 Å². The van der Waals surface area contributed by atoms with Crippen molar-refractivity contribution >= 4 is 11.6 Å². The first-order valence-corrected chi connectivity index (χ1v) is 6.28. The topological polar surface area (TPSA) is 21.8 Å². The molecule has 0 spiro atoms. The van der Waals surface area contributed by atoms with Gasteiger partial charge in [0.25, 0.3) is 0 Å². The third kappa shape index (κ3) is 2.66. The maximum Gasteiger partial charge on any atom is 0.121 e. The van der Waals surface area contributed by atoms with E-state index in [1.807, 2.05) is 48.5 Å². The molecule has 0 bridgehead atoms. The van der Waals surface area contributed by atoms with Gasteiger partial charge in [-0.15, -0.1) is 0 Å². The molecule has 3 rings (SSSR count). The molecule has 1 heterocycles. The zero-order valence-electron chi connectivity index (χ0n) is 9.80. The van der Waals surface area contributed by atoms with E-state index in [0.29, 0.717) is 11.6 Å². The van der Waals surface area contributed by atoms with Gasteiger partial charge in [-0.2, -0.15) is 0 Å². The van der Waals surface area contributed by atoms with Crippen LogP contribution in [0, 0.1) is 0 Å². The fourth-order valence-corrected chi connectivity index (χ4v) is 2.12. The maximum absolute atomic E-state index is 6.19. The highest BCUT2D eigenvalue weighted by molar-refractivity contribution is 6.31. The monoisotopic (exact) mass is 260 g/mol. The van der Waals surface area contributed by atoms with Crippen molar-refractivity contribution in [3.05, 3.63) is 64.7 Å². The largest absolute Gasteiger partial charge is 0.489 e. The van der Waals surface area contributed by atoms with Crippen LogP contribution in [0.25, 0.3) is 0 Å². The van der Waals surface area contributed by atoms with Crippen LogP contribution in [0.1, 0.15) is 17.2 Å². The lowest BCUT2D eigenvalue weighted by molar-refractivity contribution is 0.306. The third-order valence-electron chi connectivity index (χ3n) is 2.90. The highest BCUT2D eigenvalue weighted by Gasteiger charge is 2.27. The van der Waals surface area contributed by atoms with Gasteiger partial charge in [0.2, 0.25) is 0 Å². The van der Waals surface area contributed by atoms with Gasteiger partial charge in [-0.1, -0.05) is 48.0 Å². The van der Waals surface area contributed by atoms with Crippen LogP contribution in [0.5, 0.6) is 5.75 Å². The minimum atomic E-state index is 0.181. The third-order valence-corrected chi connectivity index (χ3v) is 3.23. The van der Waals surface area contributed by atoms with Crippen LogP contribution in [0.15, 0.2) is 48.5 Å². The minimum Gasteiger partial charge on any atom is -0.489 e. The summed E-state index contributed by atoms with van der Waals surface area (Å²) < 4.78 is 10.9. The van der Waals surface area contributed by atoms with Crippen molar-refractivity contribution < 1.29 is 9.47 Å². The van der Waals surface area contributed by atoms with Gasteiger partial charge in [-0.3, -0.25) is 0 Å². The summed E-state index contributed by atoms with van der Waals surface area (Å²) in [5, 5.41) is 0.711. The van der Waals surface area contributed by atoms with Gasteiger partial charge in [0.05, 0.1) is 11.6 Å². The Labute approximate surface area is 111 Å². The van der Waals surface area contributed by atoms with Crippen LogP contribution >= 0.6 is 11.6 Å². The lowest BCUT2D eigenvalue weighted by atomic mass is 10.1. The number of ether oxygens (including phenoxy) is 2. The van der Waals surface area contributed by atoms with Crippen molar-refractivity contribution in [2.75, 3.05) is 6.61 Å². The highest BCUT2D eigenvalue weighted by atomic mass is 35.5. The van der Waals surface area contributed by atoms with E-state index in [9.17, 15) is 0 Å². The summed E-state index contributed by atoms with van der Waals surface area (Å²) in [6.45, 7) is 1.32. The molecule has 1 fully saturated rings. The lowest BCUT2D eigenvalue weighted by Gasteiger charge is -2.08. The quantitative estimate of drug-likeness (QED) is 0.776.